The zero-order valence-electron chi connectivity index (χ0n) is 5.84. The van der Waals surface area contributed by atoms with Crippen LogP contribution in [0.1, 0.15) is 0 Å². The van der Waals surface area contributed by atoms with Crippen LogP contribution in [0.3, 0.4) is 0 Å². The van der Waals surface area contributed by atoms with Gasteiger partial charge in [-0.3, -0.25) is 0 Å². The van der Waals surface area contributed by atoms with Crippen LogP contribution in [-0.2, 0) is 9.47 Å². The van der Waals surface area contributed by atoms with Gasteiger partial charge in [-0.1, -0.05) is 10.8 Å². The Labute approximate surface area is 74.3 Å². The van der Waals surface area contributed by atoms with E-state index in [1.54, 1.807) is 0 Å². The van der Waals surface area contributed by atoms with E-state index in [2.05, 4.69) is 11.7 Å². The average Bonchev–Trinajstić information content (AvgIpc) is 2.53. The van der Waals surface area contributed by atoms with Gasteiger partial charge in [0.05, 0.1) is 18.5 Å². The topological polar surface area (TPSA) is 38.7 Å². The zero-order chi connectivity index (χ0) is 7.84. The van der Waals surface area contributed by atoms with Gasteiger partial charge in [-0.05, 0) is 0 Å². The van der Waals surface area contributed by atoms with Gasteiger partial charge in [-0.25, -0.2) is 0 Å². The van der Waals surface area contributed by atoms with Crippen molar-refractivity contribution in [2.24, 2.45) is 0 Å². The highest BCUT2D eigenvalue weighted by Crippen LogP contribution is 2.34. The molecule has 2 fully saturated rings. The normalized spacial score (nSPS) is 49.6. The maximum absolute atomic E-state index is 9.33. The first kappa shape index (κ1) is 8.19. The summed E-state index contributed by atoms with van der Waals surface area (Å²) in [6.07, 6.45) is -0.502. The van der Waals surface area contributed by atoms with E-state index in [4.69, 9.17) is 9.47 Å². The van der Waals surface area contributed by atoms with Crippen molar-refractivity contribution in [2.45, 2.75) is 23.6 Å². The lowest BCUT2D eigenvalue weighted by Gasteiger charge is -2.11. The molecule has 3 nitrogen and oxygen atoms in total. The van der Waals surface area contributed by atoms with E-state index >= 15 is 0 Å². The van der Waals surface area contributed by atoms with E-state index in [0.717, 1.165) is 0 Å². The highest BCUT2D eigenvalue weighted by molar-refractivity contribution is 8.68. The second kappa shape index (κ2) is 3.14. The van der Waals surface area contributed by atoms with Crippen molar-refractivity contribution in [2.75, 3.05) is 13.2 Å². The number of thiol groups is 1. The first-order valence-corrected chi connectivity index (χ1v) is 5.47. The van der Waals surface area contributed by atoms with Crippen LogP contribution in [0.25, 0.3) is 0 Å². The van der Waals surface area contributed by atoms with Gasteiger partial charge in [0.2, 0.25) is 0 Å². The fourth-order valence-corrected chi connectivity index (χ4v) is 2.57. The van der Waals surface area contributed by atoms with Gasteiger partial charge < -0.3 is 14.6 Å². The van der Waals surface area contributed by atoms with Crippen LogP contribution >= 0.6 is 22.5 Å². The number of fused-ring (bicyclic) bond motifs is 1. The standard InChI is InChI=1S/C6H10O3S2/c7-3-1-8-6-4(11-10)2-9-5(3)6/h3-7,10H,1-2H2/t3-,4+,5-,6?/m1/s1. The number of rotatable bonds is 1. The van der Waals surface area contributed by atoms with Crippen molar-refractivity contribution in [3.05, 3.63) is 0 Å². The molecule has 0 aromatic carbocycles. The zero-order valence-corrected chi connectivity index (χ0v) is 7.55. The lowest BCUT2D eigenvalue weighted by atomic mass is 10.1. The second-order valence-corrected chi connectivity index (χ2v) is 4.26. The molecule has 2 aliphatic heterocycles. The van der Waals surface area contributed by atoms with E-state index < -0.39 is 6.10 Å². The Morgan fingerprint density at radius 1 is 1.27 bits per heavy atom. The number of hydrogen-bond donors (Lipinski definition) is 2. The van der Waals surface area contributed by atoms with E-state index in [0.29, 0.717) is 13.2 Å². The van der Waals surface area contributed by atoms with E-state index in [1.807, 2.05) is 0 Å². The summed E-state index contributed by atoms with van der Waals surface area (Å²) in [5.74, 6) is 0. The molecule has 64 valence electrons. The minimum Gasteiger partial charge on any atom is -0.388 e. The van der Waals surface area contributed by atoms with Crippen LogP contribution in [0.15, 0.2) is 0 Å². The molecule has 2 heterocycles. The predicted octanol–water partition coefficient (Wildman–Crippen LogP) is 0.0915. The molecule has 5 heteroatoms. The molecule has 1 N–H and O–H groups in total. The summed E-state index contributed by atoms with van der Waals surface area (Å²) in [6, 6.07) is 0. The maximum Gasteiger partial charge on any atom is 0.113 e. The van der Waals surface area contributed by atoms with Crippen molar-refractivity contribution < 1.29 is 14.6 Å². The third kappa shape index (κ3) is 1.29. The van der Waals surface area contributed by atoms with Crippen LogP contribution in [0.2, 0.25) is 0 Å². The summed E-state index contributed by atoms with van der Waals surface area (Å²) in [5.41, 5.74) is 0. The fraction of sp³-hybridized carbons (Fsp3) is 1.00. The van der Waals surface area contributed by atoms with Crippen molar-refractivity contribution in [1.29, 1.82) is 0 Å². The van der Waals surface area contributed by atoms with Crippen LogP contribution < -0.4 is 0 Å². The number of ether oxygens (including phenoxy) is 2. The lowest BCUT2D eigenvalue weighted by molar-refractivity contribution is 0.0188. The summed E-state index contributed by atoms with van der Waals surface area (Å²) in [7, 11) is 1.44. The molecular formula is C6H10O3S2. The Bertz CT molecular complexity index is 155. The summed E-state index contributed by atoms with van der Waals surface area (Å²) in [4.78, 5) is 0. The van der Waals surface area contributed by atoms with Gasteiger partial charge >= 0.3 is 0 Å². The Morgan fingerprint density at radius 3 is 2.73 bits per heavy atom. The van der Waals surface area contributed by atoms with Gasteiger partial charge in [-0.2, -0.15) is 0 Å². The van der Waals surface area contributed by atoms with Crippen LogP contribution in [0.5, 0.6) is 0 Å². The molecule has 4 atom stereocenters. The minimum absolute atomic E-state index is 0.0486. The Morgan fingerprint density at radius 2 is 2.00 bits per heavy atom. The molecule has 0 bridgehead atoms. The first-order chi connectivity index (χ1) is 5.33. The van der Waals surface area contributed by atoms with E-state index in [9.17, 15) is 5.11 Å². The monoisotopic (exact) mass is 194 g/mol. The van der Waals surface area contributed by atoms with Gasteiger partial charge in [-0.15, -0.1) is 11.7 Å². The largest absolute Gasteiger partial charge is 0.388 e. The van der Waals surface area contributed by atoms with Gasteiger partial charge in [0, 0.05) is 0 Å². The second-order valence-electron chi connectivity index (χ2n) is 2.81. The van der Waals surface area contributed by atoms with Gasteiger partial charge in [0.1, 0.15) is 18.3 Å². The molecule has 0 aromatic heterocycles. The van der Waals surface area contributed by atoms with Crippen LogP contribution in [-0.4, -0.2) is 41.9 Å². The van der Waals surface area contributed by atoms with Gasteiger partial charge in [0.25, 0.3) is 0 Å². The lowest BCUT2D eigenvalue weighted by Crippen LogP contribution is -2.29. The Hall–Kier alpha value is 0.580. The van der Waals surface area contributed by atoms with Crippen LogP contribution in [0.4, 0.5) is 0 Å². The minimum atomic E-state index is -0.439. The van der Waals surface area contributed by atoms with Crippen molar-refractivity contribution in [3.63, 3.8) is 0 Å². The number of aliphatic hydroxyl groups is 1. The van der Waals surface area contributed by atoms with Gasteiger partial charge in [0.15, 0.2) is 0 Å². The third-order valence-corrected chi connectivity index (χ3v) is 3.60. The van der Waals surface area contributed by atoms with E-state index in [-0.39, 0.29) is 17.5 Å². The molecule has 2 aliphatic rings. The quantitative estimate of drug-likeness (QED) is 0.458. The molecule has 0 radical (unpaired) electrons. The van der Waals surface area contributed by atoms with Crippen molar-refractivity contribution in [3.8, 4) is 0 Å². The highest BCUT2D eigenvalue weighted by atomic mass is 33.1. The summed E-state index contributed by atoms with van der Waals surface area (Å²) >= 11 is 4.10. The SMILES string of the molecule is O[C@@H]1COC2[C@@H](SS)CO[C@@H]21. The first-order valence-electron chi connectivity index (χ1n) is 3.54. The third-order valence-electron chi connectivity index (χ3n) is 2.12. The number of aliphatic hydroxyl groups excluding tert-OH is 1. The number of hydrogen-bond acceptors (Lipinski definition) is 5. The molecule has 0 saturated carbocycles. The molecule has 0 amide bonds. The summed E-state index contributed by atoms with van der Waals surface area (Å²) in [5, 5.41) is 9.61. The summed E-state index contributed by atoms with van der Waals surface area (Å²) in [6.45, 7) is 1.04. The average molecular weight is 194 g/mol. The molecule has 2 rings (SSSR count). The van der Waals surface area contributed by atoms with Crippen LogP contribution in [0, 0.1) is 0 Å². The molecular weight excluding hydrogens is 184 g/mol. The molecule has 2 saturated heterocycles. The van der Waals surface area contributed by atoms with Crippen molar-refractivity contribution in [1.82, 2.24) is 0 Å². The molecule has 0 aliphatic carbocycles. The highest BCUT2D eigenvalue weighted by Gasteiger charge is 2.46. The molecule has 11 heavy (non-hydrogen) atoms. The van der Waals surface area contributed by atoms with Crippen molar-refractivity contribution >= 4 is 22.5 Å². The van der Waals surface area contributed by atoms with E-state index in [1.165, 1.54) is 10.8 Å². The Kier molecular flexibility index (Phi) is 2.34. The fourth-order valence-electron chi connectivity index (χ4n) is 1.53. The smallest absolute Gasteiger partial charge is 0.113 e. The predicted molar refractivity (Wildman–Crippen MR) is 45.9 cm³/mol. The summed E-state index contributed by atoms with van der Waals surface area (Å²) < 4.78 is 10.7. The Balaban J connectivity index is 2.04. The molecule has 1 unspecified atom stereocenters. The molecule has 0 spiro atoms. The molecule has 0 aromatic rings. The maximum atomic E-state index is 9.33.